The Morgan fingerprint density at radius 3 is 2.68 bits per heavy atom. The lowest BCUT2D eigenvalue weighted by molar-refractivity contribution is -0.118. The minimum atomic E-state index is 0.0275. The van der Waals surface area contributed by atoms with Crippen molar-refractivity contribution in [3.63, 3.8) is 0 Å². The summed E-state index contributed by atoms with van der Waals surface area (Å²) in [5, 5.41) is 6.88. The van der Waals surface area contributed by atoms with E-state index in [1.54, 1.807) is 19.5 Å². The van der Waals surface area contributed by atoms with E-state index in [-0.39, 0.29) is 5.91 Å². The van der Waals surface area contributed by atoms with Crippen LogP contribution in [-0.4, -0.2) is 48.4 Å². The lowest BCUT2D eigenvalue weighted by Crippen LogP contribution is -2.31. The summed E-state index contributed by atoms with van der Waals surface area (Å²) in [5.74, 6) is 1.73. The summed E-state index contributed by atoms with van der Waals surface area (Å²) < 4.78 is 5.15. The van der Waals surface area contributed by atoms with Gasteiger partial charge in [0.2, 0.25) is 5.91 Å². The molecular weight excluding hydrogens is 336 g/mol. The monoisotopic (exact) mass is 358 g/mol. The lowest BCUT2D eigenvalue weighted by atomic mass is 10.1. The number of amides is 1. The second-order valence-corrected chi connectivity index (χ2v) is 6.88. The molecular formula is C18H22N4O2S. The first-order valence-electron chi connectivity index (χ1n) is 8.31. The molecule has 1 aliphatic rings. The van der Waals surface area contributed by atoms with Gasteiger partial charge in [0.1, 0.15) is 5.75 Å². The SMILES string of the molecule is COc1ccc(-c2cnc(SCC(=O)NC[C@H]3CCNC3)nc2)cc1. The number of aromatic nitrogens is 2. The normalized spacial score (nSPS) is 16.6. The molecule has 1 atom stereocenters. The van der Waals surface area contributed by atoms with Crippen LogP contribution in [0.2, 0.25) is 0 Å². The molecule has 2 aromatic rings. The number of rotatable bonds is 7. The number of nitrogens with one attached hydrogen (secondary N) is 2. The summed E-state index contributed by atoms with van der Waals surface area (Å²) in [7, 11) is 1.64. The van der Waals surface area contributed by atoms with Gasteiger partial charge in [0, 0.05) is 24.5 Å². The minimum absolute atomic E-state index is 0.0275. The fraction of sp³-hybridized carbons (Fsp3) is 0.389. The van der Waals surface area contributed by atoms with Crippen molar-refractivity contribution in [2.45, 2.75) is 11.6 Å². The summed E-state index contributed by atoms with van der Waals surface area (Å²) >= 11 is 1.35. The third-order valence-corrected chi connectivity index (χ3v) is 5.01. The number of benzene rings is 1. The Bertz CT molecular complexity index is 685. The molecule has 0 aliphatic carbocycles. The largest absolute Gasteiger partial charge is 0.497 e. The molecule has 1 aromatic heterocycles. The van der Waals surface area contributed by atoms with Gasteiger partial charge in [-0.2, -0.15) is 0 Å². The van der Waals surface area contributed by atoms with Gasteiger partial charge < -0.3 is 15.4 Å². The Kier molecular flexibility index (Phi) is 6.25. The molecule has 0 spiro atoms. The summed E-state index contributed by atoms with van der Waals surface area (Å²) in [6, 6.07) is 7.75. The summed E-state index contributed by atoms with van der Waals surface area (Å²) in [5.41, 5.74) is 1.96. The molecule has 1 aliphatic heterocycles. The number of thioether (sulfide) groups is 1. The van der Waals surface area contributed by atoms with E-state index in [1.165, 1.54) is 11.8 Å². The van der Waals surface area contributed by atoms with Gasteiger partial charge >= 0.3 is 0 Å². The van der Waals surface area contributed by atoms with Crippen molar-refractivity contribution in [1.29, 1.82) is 0 Å². The van der Waals surface area contributed by atoms with Crippen LogP contribution in [0.1, 0.15) is 6.42 Å². The number of hydrogen-bond acceptors (Lipinski definition) is 6. The fourth-order valence-electron chi connectivity index (χ4n) is 2.65. The maximum atomic E-state index is 11.9. The molecule has 0 saturated carbocycles. The Morgan fingerprint density at radius 2 is 2.04 bits per heavy atom. The van der Waals surface area contributed by atoms with Crippen molar-refractivity contribution >= 4 is 17.7 Å². The molecule has 0 bridgehead atoms. The average molecular weight is 358 g/mol. The second kappa shape index (κ2) is 8.82. The van der Waals surface area contributed by atoms with Crippen LogP contribution in [-0.2, 0) is 4.79 Å². The van der Waals surface area contributed by atoms with Gasteiger partial charge in [-0.1, -0.05) is 23.9 Å². The van der Waals surface area contributed by atoms with Crippen molar-refractivity contribution < 1.29 is 9.53 Å². The number of carbonyl (C=O) groups is 1. The van der Waals surface area contributed by atoms with E-state index in [1.807, 2.05) is 24.3 Å². The highest BCUT2D eigenvalue weighted by molar-refractivity contribution is 7.99. The van der Waals surface area contributed by atoms with Crippen LogP contribution < -0.4 is 15.4 Å². The molecule has 1 saturated heterocycles. The standard InChI is InChI=1S/C18H22N4O2S/c1-24-16-4-2-14(3-5-16)15-10-21-18(22-11-15)25-12-17(23)20-9-13-6-7-19-8-13/h2-5,10-11,13,19H,6-9,12H2,1H3,(H,20,23)/t13-/m0/s1. The van der Waals surface area contributed by atoms with Crippen LogP contribution in [0.15, 0.2) is 41.8 Å². The van der Waals surface area contributed by atoms with E-state index in [4.69, 9.17) is 4.74 Å². The van der Waals surface area contributed by atoms with Crippen molar-refractivity contribution in [1.82, 2.24) is 20.6 Å². The van der Waals surface area contributed by atoms with E-state index in [0.717, 1.165) is 42.9 Å². The summed E-state index contributed by atoms with van der Waals surface area (Å²) in [6.07, 6.45) is 4.68. The molecule has 2 N–H and O–H groups in total. The molecule has 2 heterocycles. The topological polar surface area (TPSA) is 76.1 Å². The van der Waals surface area contributed by atoms with Crippen LogP contribution in [0.4, 0.5) is 0 Å². The quantitative estimate of drug-likeness (QED) is 0.582. The predicted octanol–water partition coefficient (Wildman–Crippen LogP) is 1.97. The van der Waals surface area contributed by atoms with Gasteiger partial charge in [0.25, 0.3) is 0 Å². The van der Waals surface area contributed by atoms with Gasteiger partial charge in [0.15, 0.2) is 5.16 Å². The average Bonchev–Trinajstić information content (AvgIpc) is 3.19. The maximum Gasteiger partial charge on any atom is 0.230 e. The third kappa shape index (κ3) is 5.17. The molecule has 25 heavy (non-hydrogen) atoms. The molecule has 0 unspecified atom stereocenters. The van der Waals surface area contributed by atoms with Gasteiger partial charge in [0.05, 0.1) is 12.9 Å². The van der Waals surface area contributed by atoms with Crippen LogP contribution in [0.25, 0.3) is 11.1 Å². The number of carbonyl (C=O) groups excluding carboxylic acids is 1. The maximum absolute atomic E-state index is 11.9. The van der Waals surface area contributed by atoms with E-state index in [2.05, 4.69) is 20.6 Å². The zero-order valence-electron chi connectivity index (χ0n) is 14.2. The summed E-state index contributed by atoms with van der Waals surface area (Å²) in [4.78, 5) is 20.6. The van der Waals surface area contributed by atoms with Crippen molar-refractivity contribution in [3.8, 4) is 16.9 Å². The fourth-order valence-corrected chi connectivity index (χ4v) is 3.27. The minimum Gasteiger partial charge on any atom is -0.497 e. The van der Waals surface area contributed by atoms with E-state index in [9.17, 15) is 4.79 Å². The van der Waals surface area contributed by atoms with E-state index in [0.29, 0.717) is 16.8 Å². The highest BCUT2D eigenvalue weighted by atomic mass is 32.2. The van der Waals surface area contributed by atoms with E-state index < -0.39 is 0 Å². The second-order valence-electron chi connectivity index (χ2n) is 5.93. The Hall–Kier alpha value is -2.12. The first kappa shape index (κ1) is 17.7. The zero-order valence-corrected chi connectivity index (χ0v) is 15.0. The molecule has 1 fully saturated rings. The Morgan fingerprint density at radius 1 is 1.28 bits per heavy atom. The first-order valence-corrected chi connectivity index (χ1v) is 9.30. The van der Waals surface area contributed by atoms with E-state index >= 15 is 0 Å². The molecule has 0 radical (unpaired) electrons. The van der Waals surface area contributed by atoms with Crippen LogP contribution >= 0.6 is 11.8 Å². The Balaban J connectivity index is 1.47. The first-order chi connectivity index (χ1) is 12.2. The van der Waals surface area contributed by atoms with Gasteiger partial charge in [-0.25, -0.2) is 9.97 Å². The van der Waals surface area contributed by atoms with Crippen molar-refractivity contribution in [2.24, 2.45) is 5.92 Å². The van der Waals surface area contributed by atoms with Crippen LogP contribution in [0, 0.1) is 5.92 Å². The van der Waals surface area contributed by atoms with Crippen LogP contribution in [0.5, 0.6) is 5.75 Å². The molecule has 7 heteroatoms. The van der Waals surface area contributed by atoms with Gasteiger partial charge in [-0.3, -0.25) is 4.79 Å². The summed E-state index contributed by atoms with van der Waals surface area (Å²) in [6.45, 7) is 2.77. The van der Waals surface area contributed by atoms with Gasteiger partial charge in [-0.15, -0.1) is 0 Å². The molecule has 1 aromatic carbocycles. The predicted molar refractivity (Wildman–Crippen MR) is 98.7 cm³/mol. The molecule has 6 nitrogen and oxygen atoms in total. The van der Waals surface area contributed by atoms with Gasteiger partial charge in [-0.05, 0) is 43.1 Å². The lowest BCUT2D eigenvalue weighted by Gasteiger charge is -2.09. The highest BCUT2D eigenvalue weighted by Crippen LogP contribution is 2.22. The molecule has 132 valence electrons. The van der Waals surface area contributed by atoms with Crippen molar-refractivity contribution in [3.05, 3.63) is 36.7 Å². The number of nitrogens with zero attached hydrogens (tertiary/aromatic N) is 2. The van der Waals surface area contributed by atoms with Crippen LogP contribution in [0.3, 0.4) is 0 Å². The smallest absolute Gasteiger partial charge is 0.230 e. The molecule has 3 rings (SSSR count). The Labute approximate surface area is 151 Å². The number of hydrogen-bond donors (Lipinski definition) is 2. The highest BCUT2D eigenvalue weighted by Gasteiger charge is 2.15. The zero-order chi connectivity index (χ0) is 17.5. The molecule has 1 amide bonds. The third-order valence-electron chi connectivity index (χ3n) is 4.13. The number of methoxy groups -OCH3 is 1. The van der Waals surface area contributed by atoms with Crippen molar-refractivity contribution in [2.75, 3.05) is 32.5 Å². The number of ether oxygens (including phenoxy) is 1.